The number of piperidine rings is 1. The van der Waals surface area contributed by atoms with E-state index in [1.807, 2.05) is 4.90 Å². The van der Waals surface area contributed by atoms with Gasteiger partial charge in [-0.3, -0.25) is 9.59 Å². The van der Waals surface area contributed by atoms with Crippen molar-refractivity contribution in [2.45, 2.75) is 19.4 Å². The molecule has 166 valence electrons. The molecular weight excluding hydrogens is 411 g/mol. The van der Waals surface area contributed by atoms with Gasteiger partial charge < -0.3 is 15.0 Å². The summed E-state index contributed by atoms with van der Waals surface area (Å²) in [7, 11) is 1.58. The molecular formula is C24H25FN4O3. The van der Waals surface area contributed by atoms with Gasteiger partial charge in [-0.25, -0.2) is 4.39 Å². The van der Waals surface area contributed by atoms with Gasteiger partial charge in [-0.1, -0.05) is 18.2 Å². The topological polar surface area (TPSA) is 76.5 Å². The Morgan fingerprint density at radius 1 is 1.16 bits per heavy atom. The molecule has 2 aromatic carbocycles. The summed E-state index contributed by atoms with van der Waals surface area (Å²) in [5.74, 6) is 0.647. The normalized spacial score (nSPS) is 15.9. The van der Waals surface area contributed by atoms with E-state index in [0.717, 1.165) is 19.4 Å². The molecule has 2 heterocycles. The molecule has 0 aliphatic carbocycles. The van der Waals surface area contributed by atoms with E-state index in [2.05, 4.69) is 10.4 Å². The second kappa shape index (κ2) is 9.64. The molecule has 0 radical (unpaired) electrons. The smallest absolute Gasteiger partial charge is 0.271 e. The lowest BCUT2D eigenvalue weighted by Crippen LogP contribution is -2.43. The van der Waals surface area contributed by atoms with E-state index in [-0.39, 0.29) is 29.7 Å². The van der Waals surface area contributed by atoms with Gasteiger partial charge in [-0.2, -0.15) is 4.68 Å². The van der Waals surface area contributed by atoms with Crippen LogP contribution in [0.5, 0.6) is 5.75 Å². The van der Waals surface area contributed by atoms with Crippen molar-refractivity contribution >= 4 is 11.7 Å². The molecule has 1 aliphatic rings. The van der Waals surface area contributed by atoms with Gasteiger partial charge >= 0.3 is 0 Å². The lowest BCUT2D eigenvalue weighted by Gasteiger charge is -2.33. The summed E-state index contributed by atoms with van der Waals surface area (Å²) < 4.78 is 20.3. The Kier molecular flexibility index (Phi) is 6.49. The number of carbonyl (C=O) groups is 1. The number of halogens is 1. The number of methoxy groups -OCH3 is 1. The van der Waals surface area contributed by atoms with E-state index < -0.39 is 0 Å². The third-order valence-electron chi connectivity index (χ3n) is 5.63. The molecule has 1 atom stereocenters. The first-order valence-corrected chi connectivity index (χ1v) is 10.6. The van der Waals surface area contributed by atoms with Crippen molar-refractivity contribution in [3.05, 3.63) is 82.4 Å². The predicted octanol–water partition coefficient (Wildman–Crippen LogP) is 2.91. The highest BCUT2D eigenvalue weighted by atomic mass is 19.1. The molecule has 0 unspecified atom stereocenters. The molecule has 3 aromatic rings. The summed E-state index contributed by atoms with van der Waals surface area (Å²) in [5, 5.41) is 7.37. The highest BCUT2D eigenvalue weighted by Crippen LogP contribution is 2.22. The van der Waals surface area contributed by atoms with Crippen molar-refractivity contribution in [3.63, 3.8) is 0 Å². The molecule has 4 rings (SSSR count). The van der Waals surface area contributed by atoms with Crippen LogP contribution in [0, 0.1) is 11.7 Å². The SMILES string of the molecule is COc1ccc(-n2nc(N3CCC[C@H](C(=O)NCc4ccccc4F)C3)ccc2=O)cc1. The number of nitrogens with zero attached hydrogens (tertiary/aromatic N) is 3. The van der Waals surface area contributed by atoms with Gasteiger partial charge in [0, 0.05) is 31.3 Å². The van der Waals surface area contributed by atoms with Crippen LogP contribution >= 0.6 is 0 Å². The summed E-state index contributed by atoms with van der Waals surface area (Å²) in [6, 6.07) is 16.7. The summed E-state index contributed by atoms with van der Waals surface area (Å²) >= 11 is 0. The van der Waals surface area contributed by atoms with Gasteiger partial charge in [-0.15, -0.1) is 5.10 Å². The standard InChI is InChI=1S/C24H25FN4O3/c1-32-20-10-8-19(9-11-20)29-23(30)13-12-22(27-29)28-14-4-6-18(16-28)24(31)26-15-17-5-2-3-7-21(17)25/h2-3,5,7-13,18H,4,6,14-16H2,1H3,(H,26,31)/t18-/m0/s1. The van der Waals surface area contributed by atoms with E-state index >= 15 is 0 Å². The largest absolute Gasteiger partial charge is 0.497 e. The van der Waals surface area contributed by atoms with Crippen molar-refractivity contribution < 1.29 is 13.9 Å². The zero-order chi connectivity index (χ0) is 22.5. The van der Waals surface area contributed by atoms with E-state index in [0.29, 0.717) is 29.4 Å². The number of hydrogen-bond donors (Lipinski definition) is 1. The molecule has 1 fully saturated rings. The van der Waals surface area contributed by atoms with Crippen molar-refractivity contribution in [3.8, 4) is 11.4 Å². The van der Waals surface area contributed by atoms with E-state index in [4.69, 9.17) is 4.74 Å². The van der Waals surface area contributed by atoms with Crippen molar-refractivity contribution in [1.29, 1.82) is 0 Å². The maximum atomic E-state index is 13.8. The van der Waals surface area contributed by atoms with Gasteiger partial charge in [0.1, 0.15) is 17.4 Å². The Balaban J connectivity index is 1.46. The Morgan fingerprint density at radius 2 is 1.94 bits per heavy atom. The van der Waals surface area contributed by atoms with Gasteiger partial charge in [0.05, 0.1) is 18.7 Å². The lowest BCUT2D eigenvalue weighted by molar-refractivity contribution is -0.125. The zero-order valence-corrected chi connectivity index (χ0v) is 17.8. The number of aromatic nitrogens is 2. The molecule has 1 amide bonds. The van der Waals surface area contributed by atoms with Crippen LogP contribution in [-0.2, 0) is 11.3 Å². The predicted molar refractivity (Wildman–Crippen MR) is 120 cm³/mol. The molecule has 0 spiro atoms. The summed E-state index contributed by atoms with van der Waals surface area (Å²) in [6.45, 7) is 1.38. The maximum absolute atomic E-state index is 13.8. The van der Waals surface area contributed by atoms with Crippen LogP contribution in [0.15, 0.2) is 65.5 Å². The monoisotopic (exact) mass is 436 g/mol. The molecule has 7 nitrogen and oxygen atoms in total. The summed E-state index contributed by atoms with van der Waals surface area (Å²) in [6.07, 6.45) is 1.57. The fraction of sp³-hybridized carbons (Fsp3) is 0.292. The first-order valence-electron chi connectivity index (χ1n) is 10.6. The lowest BCUT2D eigenvalue weighted by atomic mass is 9.97. The van der Waals surface area contributed by atoms with Crippen LogP contribution in [0.25, 0.3) is 5.69 Å². The third kappa shape index (κ3) is 4.80. The first kappa shape index (κ1) is 21.5. The fourth-order valence-electron chi connectivity index (χ4n) is 3.85. The number of amides is 1. The summed E-state index contributed by atoms with van der Waals surface area (Å²) in [4.78, 5) is 27.1. The van der Waals surface area contributed by atoms with Crippen LogP contribution in [-0.4, -0.2) is 35.9 Å². The highest BCUT2D eigenvalue weighted by molar-refractivity contribution is 5.79. The van der Waals surface area contributed by atoms with E-state index in [1.54, 1.807) is 55.6 Å². The first-order chi connectivity index (χ1) is 15.5. The minimum Gasteiger partial charge on any atom is -0.497 e. The van der Waals surface area contributed by atoms with Crippen molar-refractivity contribution in [2.75, 3.05) is 25.1 Å². The van der Waals surface area contributed by atoms with E-state index in [1.165, 1.54) is 16.8 Å². The zero-order valence-electron chi connectivity index (χ0n) is 17.8. The quantitative estimate of drug-likeness (QED) is 0.643. The van der Waals surface area contributed by atoms with Crippen molar-refractivity contribution in [2.24, 2.45) is 5.92 Å². The number of anilines is 1. The number of ether oxygens (including phenoxy) is 1. The van der Waals surface area contributed by atoms with Crippen LogP contribution in [0.4, 0.5) is 10.2 Å². The molecule has 0 saturated carbocycles. The molecule has 1 saturated heterocycles. The van der Waals surface area contributed by atoms with Crippen LogP contribution in [0.2, 0.25) is 0 Å². The van der Waals surface area contributed by atoms with Crippen LogP contribution in [0.3, 0.4) is 0 Å². The Hall–Kier alpha value is -3.68. The molecule has 1 aromatic heterocycles. The number of benzene rings is 2. The van der Waals surface area contributed by atoms with Crippen LogP contribution in [0.1, 0.15) is 18.4 Å². The number of carbonyl (C=O) groups excluding carboxylic acids is 1. The van der Waals surface area contributed by atoms with Gasteiger partial charge in [0.25, 0.3) is 5.56 Å². The maximum Gasteiger partial charge on any atom is 0.271 e. The minimum atomic E-state index is -0.331. The van der Waals surface area contributed by atoms with E-state index in [9.17, 15) is 14.0 Å². The van der Waals surface area contributed by atoms with Gasteiger partial charge in [0.2, 0.25) is 5.91 Å². The molecule has 8 heteroatoms. The Bertz CT molecular complexity index is 1150. The minimum absolute atomic E-state index is 0.110. The number of nitrogens with one attached hydrogen (secondary N) is 1. The average Bonchev–Trinajstić information content (AvgIpc) is 2.84. The second-order valence-electron chi connectivity index (χ2n) is 7.73. The Morgan fingerprint density at radius 3 is 2.69 bits per heavy atom. The Labute approximate surface area is 185 Å². The van der Waals surface area contributed by atoms with Crippen LogP contribution < -0.4 is 20.5 Å². The molecule has 1 aliphatic heterocycles. The fourth-order valence-corrected chi connectivity index (χ4v) is 3.85. The molecule has 32 heavy (non-hydrogen) atoms. The number of hydrogen-bond acceptors (Lipinski definition) is 5. The molecule has 0 bridgehead atoms. The number of rotatable bonds is 6. The van der Waals surface area contributed by atoms with Gasteiger partial charge in [-0.05, 0) is 49.2 Å². The second-order valence-corrected chi connectivity index (χ2v) is 7.73. The average molecular weight is 436 g/mol. The van der Waals surface area contributed by atoms with Crippen molar-refractivity contribution in [1.82, 2.24) is 15.1 Å². The van der Waals surface area contributed by atoms with Gasteiger partial charge in [0.15, 0.2) is 0 Å². The highest BCUT2D eigenvalue weighted by Gasteiger charge is 2.27. The third-order valence-corrected chi connectivity index (χ3v) is 5.63. The molecule has 1 N–H and O–H groups in total. The summed E-state index contributed by atoms with van der Waals surface area (Å²) in [5.41, 5.74) is 0.852.